The topological polar surface area (TPSA) is 113 Å². The molecule has 8 nitrogen and oxygen atoms in total. The predicted molar refractivity (Wildman–Crippen MR) is 148 cm³/mol. The second-order valence-electron chi connectivity index (χ2n) is 9.69. The highest BCUT2D eigenvalue weighted by atomic mass is 32.2. The molecule has 3 aromatic rings. The van der Waals surface area contributed by atoms with Gasteiger partial charge in [-0.2, -0.15) is 4.31 Å². The zero-order chi connectivity index (χ0) is 27.8. The number of Topliss-reactive ketones (excluding diaryl/α,β-unsaturated/α-hetero) is 1. The summed E-state index contributed by atoms with van der Waals surface area (Å²) in [7, 11) is -3.91. The summed E-state index contributed by atoms with van der Waals surface area (Å²) >= 11 is 0. The molecule has 1 fully saturated rings. The first-order chi connectivity index (χ1) is 18.8. The summed E-state index contributed by atoms with van der Waals surface area (Å²) in [5.74, 6) is -2.15. The minimum Gasteiger partial charge on any atom is -0.349 e. The molecule has 4 rings (SSSR count). The van der Waals surface area contributed by atoms with Crippen LogP contribution < -0.4 is 10.6 Å². The third-order valence-corrected chi connectivity index (χ3v) is 8.74. The summed E-state index contributed by atoms with van der Waals surface area (Å²) in [5, 5.41) is 5.36. The average molecular weight is 548 g/mol. The van der Waals surface area contributed by atoms with Crippen molar-refractivity contribution in [3.8, 4) is 0 Å². The highest BCUT2D eigenvalue weighted by molar-refractivity contribution is 7.89. The van der Waals surface area contributed by atoms with Crippen molar-refractivity contribution in [2.75, 3.05) is 13.1 Å². The van der Waals surface area contributed by atoms with Crippen LogP contribution in [0.4, 0.5) is 0 Å². The molecule has 1 saturated heterocycles. The Morgan fingerprint density at radius 3 is 2.15 bits per heavy atom. The summed E-state index contributed by atoms with van der Waals surface area (Å²) in [5.41, 5.74) is 2.72. The number of benzene rings is 3. The van der Waals surface area contributed by atoms with Crippen LogP contribution in [0.5, 0.6) is 0 Å². The Bertz CT molecular complexity index is 1390. The van der Waals surface area contributed by atoms with Crippen molar-refractivity contribution in [3.63, 3.8) is 0 Å². The molecule has 2 amide bonds. The molecule has 0 aliphatic carbocycles. The van der Waals surface area contributed by atoms with Crippen molar-refractivity contribution in [1.82, 2.24) is 14.9 Å². The van der Waals surface area contributed by atoms with Crippen LogP contribution in [-0.2, 0) is 37.2 Å². The molecule has 0 radical (unpaired) electrons. The molecular weight excluding hydrogens is 514 g/mol. The van der Waals surface area contributed by atoms with Crippen LogP contribution in [0.2, 0.25) is 0 Å². The molecule has 2 N–H and O–H groups in total. The second kappa shape index (κ2) is 12.8. The van der Waals surface area contributed by atoms with Crippen molar-refractivity contribution in [1.29, 1.82) is 0 Å². The highest BCUT2D eigenvalue weighted by Crippen LogP contribution is 2.26. The van der Waals surface area contributed by atoms with Gasteiger partial charge in [-0.1, -0.05) is 78.4 Å². The minimum atomic E-state index is -3.91. The van der Waals surface area contributed by atoms with Crippen LogP contribution in [0.25, 0.3) is 0 Å². The Morgan fingerprint density at radius 1 is 0.897 bits per heavy atom. The Balaban J connectivity index is 1.47. The van der Waals surface area contributed by atoms with Gasteiger partial charge in [0.1, 0.15) is 12.1 Å². The van der Waals surface area contributed by atoms with Gasteiger partial charge in [-0.3, -0.25) is 14.4 Å². The molecule has 0 bridgehead atoms. The van der Waals surface area contributed by atoms with Gasteiger partial charge in [0.25, 0.3) is 5.91 Å². The van der Waals surface area contributed by atoms with E-state index in [1.807, 2.05) is 67.6 Å². The number of hydrogen-bond donors (Lipinski definition) is 2. The van der Waals surface area contributed by atoms with Gasteiger partial charge in [-0.15, -0.1) is 0 Å². The zero-order valence-electron chi connectivity index (χ0n) is 21.9. The van der Waals surface area contributed by atoms with Crippen LogP contribution in [0, 0.1) is 6.92 Å². The van der Waals surface area contributed by atoms with E-state index in [2.05, 4.69) is 10.6 Å². The molecule has 1 aliphatic rings. The number of aryl methyl sites for hydroxylation is 1. The Hall–Kier alpha value is -3.82. The summed E-state index contributed by atoms with van der Waals surface area (Å²) < 4.78 is 27.9. The molecule has 39 heavy (non-hydrogen) atoms. The van der Waals surface area contributed by atoms with Crippen molar-refractivity contribution < 1.29 is 22.8 Å². The van der Waals surface area contributed by atoms with E-state index in [-0.39, 0.29) is 24.4 Å². The zero-order valence-corrected chi connectivity index (χ0v) is 22.7. The number of nitrogens with one attached hydrogen (secondary N) is 2. The molecule has 9 heteroatoms. The predicted octanol–water partition coefficient (Wildman–Crippen LogP) is 2.80. The third kappa shape index (κ3) is 7.19. The van der Waals surface area contributed by atoms with E-state index < -0.39 is 39.7 Å². The molecule has 2 atom stereocenters. The number of nitrogens with zero attached hydrogens (tertiary/aromatic N) is 1. The van der Waals surface area contributed by atoms with Gasteiger partial charge in [-0.25, -0.2) is 8.42 Å². The fourth-order valence-electron chi connectivity index (χ4n) is 4.67. The Labute approximate surface area is 229 Å². The fraction of sp³-hybridized carbons (Fsp3) is 0.300. The summed E-state index contributed by atoms with van der Waals surface area (Å²) in [4.78, 5) is 39.5. The maximum atomic E-state index is 13.4. The minimum absolute atomic E-state index is 0.106. The lowest BCUT2D eigenvalue weighted by Gasteiger charge is -2.26. The van der Waals surface area contributed by atoms with Crippen LogP contribution in [-0.4, -0.2) is 55.5 Å². The quantitative estimate of drug-likeness (QED) is 0.359. The molecule has 0 aromatic heterocycles. The highest BCUT2D eigenvalue weighted by Gasteiger charge is 2.41. The van der Waals surface area contributed by atoms with E-state index in [0.717, 1.165) is 16.7 Å². The van der Waals surface area contributed by atoms with Crippen molar-refractivity contribution >= 4 is 27.6 Å². The van der Waals surface area contributed by atoms with Crippen molar-refractivity contribution in [2.45, 2.75) is 49.6 Å². The van der Waals surface area contributed by atoms with Gasteiger partial charge in [0, 0.05) is 19.5 Å². The number of carbonyl (C=O) groups excluding carboxylic acids is 3. The summed E-state index contributed by atoms with van der Waals surface area (Å²) in [6.07, 6.45) is 1.51. The molecule has 1 aliphatic heterocycles. The maximum Gasteiger partial charge on any atom is 0.289 e. The lowest BCUT2D eigenvalue weighted by molar-refractivity contribution is -0.140. The van der Waals surface area contributed by atoms with Gasteiger partial charge < -0.3 is 10.6 Å². The van der Waals surface area contributed by atoms with E-state index >= 15 is 0 Å². The Kier molecular flexibility index (Phi) is 9.27. The van der Waals surface area contributed by atoms with E-state index in [4.69, 9.17) is 0 Å². The van der Waals surface area contributed by atoms with Crippen molar-refractivity contribution in [2.24, 2.45) is 0 Å². The lowest BCUT2D eigenvalue weighted by atomic mass is 10.0. The number of ketones is 1. The maximum absolute atomic E-state index is 13.4. The number of hydrogen-bond acceptors (Lipinski definition) is 5. The lowest BCUT2D eigenvalue weighted by Crippen LogP contribution is -2.54. The monoisotopic (exact) mass is 547 g/mol. The second-order valence-corrected chi connectivity index (χ2v) is 11.6. The average Bonchev–Trinajstić information content (AvgIpc) is 3.45. The van der Waals surface area contributed by atoms with Gasteiger partial charge in [-0.05, 0) is 49.4 Å². The first-order valence-corrected chi connectivity index (χ1v) is 14.5. The van der Waals surface area contributed by atoms with E-state index in [0.29, 0.717) is 19.3 Å². The summed E-state index contributed by atoms with van der Waals surface area (Å²) in [6, 6.07) is 23.0. The van der Waals surface area contributed by atoms with Gasteiger partial charge in [0.2, 0.25) is 21.7 Å². The smallest absolute Gasteiger partial charge is 0.289 e. The number of amides is 2. The standard InChI is InChI=1S/C30H33N3O5S/c1-22-14-16-25(17-15-22)39(37,38)33-20-8-13-27(33)29(35)32-26(21-24-11-6-3-7-12-24)28(34)30(36)31-19-18-23-9-4-2-5-10-23/h2-7,9-12,14-17,26-27H,8,13,18-21H2,1H3,(H,31,36)(H,32,35)/t26?,27-/m1/s1. The van der Waals surface area contributed by atoms with E-state index in [1.54, 1.807) is 12.1 Å². The third-order valence-electron chi connectivity index (χ3n) is 6.82. The molecular formula is C30H33N3O5S. The van der Waals surface area contributed by atoms with Crippen LogP contribution >= 0.6 is 0 Å². The van der Waals surface area contributed by atoms with E-state index in [9.17, 15) is 22.8 Å². The number of sulfonamides is 1. The molecule has 204 valence electrons. The fourth-order valence-corrected chi connectivity index (χ4v) is 6.33. The Morgan fingerprint density at radius 2 is 1.51 bits per heavy atom. The van der Waals surface area contributed by atoms with E-state index in [1.165, 1.54) is 16.4 Å². The van der Waals surface area contributed by atoms with Crippen LogP contribution in [0.15, 0.2) is 89.8 Å². The number of carbonyl (C=O) groups is 3. The molecule has 3 aromatic carbocycles. The van der Waals surface area contributed by atoms with Gasteiger partial charge >= 0.3 is 0 Å². The molecule has 1 unspecified atom stereocenters. The number of rotatable bonds is 11. The van der Waals surface area contributed by atoms with Crippen molar-refractivity contribution in [3.05, 3.63) is 102 Å². The van der Waals surface area contributed by atoms with Crippen LogP contribution in [0.1, 0.15) is 29.5 Å². The van der Waals surface area contributed by atoms with Gasteiger partial charge in [0.05, 0.1) is 4.90 Å². The molecule has 0 saturated carbocycles. The largest absolute Gasteiger partial charge is 0.349 e. The molecule has 1 heterocycles. The summed E-state index contributed by atoms with van der Waals surface area (Å²) in [6.45, 7) is 2.33. The normalized spacial score (nSPS) is 16.4. The molecule has 0 spiro atoms. The SMILES string of the molecule is Cc1ccc(S(=O)(=O)N2CCC[C@@H]2C(=O)NC(Cc2ccccc2)C(=O)C(=O)NCCc2ccccc2)cc1. The van der Waals surface area contributed by atoms with Gasteiger partial charge in [0.15, 0.2) is 0 Å². The van der Waals surface area contributed by atoms with Crippen LogP contribution in [0.3, 0.4) is 0 Å². The first kappa shape index (κ1) is 28.2. The first-order valence-electron chi connectivity index (χ1n) is 13.0.